The maximum absolute atomic E-state index is 12.0. The molecule has 0 aliphatic rings. The summed E-state index contributed by atoms with van der Waals surface area (Å²) in [4.78, 5) is 104. The van der Waals surface area contributed by atoms with Gasteiger partial charge < -0.3 is 82.0 Å². The molecule has 0 saturated heterocycles. The van der Waals surface area contributed by atoms with Crippen molar-refractivity contribution in [3.63, 3.8) is 0 Å². The molecule has 0 aliphatic carbocycles. The highest BCUT2D eigenvalue weighted by molar-refractivity contribution is 6.16. The number of aldehydes is 2. The second-order valence-corrected chi connectivity index (χ2v) is 30.2. The van der Waals surface area contributed by atoms with E-state index in [-0.39, 0.29) is 171 Å². The number of hydrogen-bond donors (Lipinski definition) is 10. The van der Waals surface area contributed by atoms with Gasteiger partial charge in [-0.05, 0) is 203 Å². The first kappa shape index (κ1) is 98.7. The minimum atomic E-state index is -0.256. The monoisotopic (exact) mass is 1750 g/mol. The summed E-state index contributed by atoms with van der Waals surface area (Å²) in [5.74, 6) is -1.28. The maximum Gasteiger partial charge on any atom is 0.212 e. The van der Waals surface area contributed by atoms with E-state index in [9.17, 15) is 94.2 Å². The summed E-state index contributed by atoms with van der Waals surface area (Å²) in [6, 6.07) is 20.9. The predicted molar refractivity (Wildman–Crippen MR) is 500 cm³/mol. The zero-order valence-corrected chi connectivity index (χ0v) is 73.8. The average molecular weight is 1760 g/mol. The van der Waals surface area contributed by atoms with Crippen molar-refractivity contribution >= 4 is 172 Å². The number of benzene rings is 7. The average Bonchev–Trinajstić information content (AvgIpc) is 1.59. The Balaban J connectivity index is 0.000000186. The number of carbonyl (C=O) groups excluding carboxylic acids is 9. The summed E-state index contributed by atoms with van der Waals surface area (Å²) in [5, 5.41) is 103. The third-order valence-electron chi connectivity index (χ3n) is 20.3. The number of furan rings is 7. The van der Waals surface area contributed by atoms with Crippen molar-refractivity contribution in [3.05, 3.63) is 243 Å². The van der Waals surface area contributed by atoms with Crippen LogP contribution in [0.1, 0.15) is 278 Å². The molecule has 0 radical (unpaired) electrons. The van der Waals surface area contributed by atoms with Crippen molar-refractivity contribution in [2.45, 2.75) is 148 Å². The summed E-state index contributed by atoms with van der Waals surface area (Å²) in [7, 11) is 0. The highest BCUT2D eigenvalue weighted by Crippen LogP contribution is 2.47. The number of ketones is 7. The molecule has 7 heterocycles. The van der Waals surface area contributed by atoms with Crippen LogP contribution in [0.3, 0.4) is 0 Å². The van der Waals surface area contributed by atoms with Gasteiger partial charge in [0.25, 0.3) is 0 Å². The van der Waals surface area contributed by atoms with Gasteiger partial charge in [-0.25, -0.2) is 0 Å². The van der Waals surface area contributed by atoms with Crippen molar-refractivity contribution in [2.75, 3.05) is 0 Å². The number of unbranched alkanes of at least 4 members (excludes halogenated alkanes) is 3. The van der Waals surface area contributed by atoms with E-state index in [1.165, 1.54) is 75.6 Å². The quantitative estimate of drug-likeness (QED) is 0.0137. The molecule has 0 amide bonds. The second-order valence-electron chi connectivity index (χ2n) is 30.2. The van der Waals surface area contributed by atoms with E-state index in [2.05, 4.69) is 39.8 Å². The third kappa shape index (κ3) is 21.6. The van der Waals surface area contributed by atoms with Crippen molar-refractivity contribution in [2.24, 2.45) is 0 Å². The van der Waals surface area contributed by atoms with E-state index in [4.69, 9.17) is 30.9 Å². The molecule has 0 atom stereocenters. The van der Waals surface area contributed by atoms with Crippen LogP contribution in [0.5, 0.6) is 57.5 Å². The number of Topliss-reactive ketones (excluding diaryl/α,β-unsaturated/α-hetero) is 6. The Kier molecular flexibility index (Phi) is 33.5. The summed E-state index contributed by atoms with van der Waals surface area (Å²) >= 11 is 0. The Hall–Kier alpha value is -15.7. The number of aromatic hydroxyl groups is 10. The van der Waals surface area contributed by atoms with Gasteiger partial charge in [0, 0.05) is 69.2 Å². The molecule has 10 N–H and O–H groups in total. The summed E-state index contributed by atoms with van der Waals surface area (Å²) in [5.41, 5.74) is 9.07. The topological polar surface area (TPSA) is 448 Å². The number of carbonyl (C=O) groups is 9. The van der Waals surface area contributed by atoms with Crippen molar-refractivity contribution < 1.29 is 125 Å². The first-order valence-electron chi connectivity index (χ1n) is 40.9. The van der Waals surface area contributed by atoms with Gasteiger partial charge in [-0.2, -0.15) is 0 Å². The zero-order chi connectivity index (χ0) is 95.4. The lowest BCUT2D eigenvalue weighted by atomic mass is 9.97. The lowest BCUT2D eigenvalue weighted by molar-refractivity contribution is 0.0943. The molecule has 0 bridgehead atoms. The van der Waals surface area contributed by atoms with Crippen LogP contribution in [0.25, 0.3) is 119 Å². The van der Waals surface area contributed by atoms with Crippen LogP contribution >= 0.6 is 0 Å². The smallest absolute Gasteiger partial charge is 0.212 e. The SMILES string of the molecule is C=Cc1cc(C(=O)/C=C/C)c2c(C)coc2c1O.C=Cc1cc(C(C)=O)c2c(O)c(C=C(C)C)oc2c1O.C=Cc1oc2c(O)c(C)c(C=C)c(C=O)c2c1O.C=Cc1oc2ccc(C(=O)CCCC)cc2c1O.CC(=O)c1ccc2c(O)c(C=C(C)C)oc2c1O.CCCCC(=O)c1oc2c(C=O)cccc2c1O.CCCCC(=O)c1oc2ccc(C(C)=O)cc2c1O. The van der Waals surface area contributed by atoms with Gasteiger partial charge in [-0.1, -0.05) is 114 Å². The lowest BCUT2D eigenvalue weighted by Gasteiger charge is -2.07. The van der Waals surface area contributed by atoms with Gasteiger partial charge in [0.1, 0.15) is 16.7 Å². The normalized spacial score (nSPS) is 10.7. The summed E-state index contributed by atoms with van der Waals surface area (Å²) in [6.07, 6.45) is 22.8. The fraction of sp³-hybridized carbons (Fsp3) is 0.214. The Bertz CT molecular complexity index is 6850. The molecule has 0 saturated carbocycles. The van der Waals surface area contributed by atoms with Crippen molar-refractivity contribution in [1.29, 1.82) is 0 Å². The number of fused-ring (bicyclic) bond motifs is 7. The first-order chi connectivity index (χ1) is 61.3. The molecule has 0 unspecified atom stereocenters. The minimum Gasteiger partial charge on any atom is -0.504 e. The Labute approximate surface area is 741 Å². The van der Waals surface area contributed by atoms with E-state index < -0.39 is 0 Å². The standard InChI is InChI=1S/C16H16O4.C15H16O4.C15H14O3.C15H16O3.C14H14O4.C14H12O4.C14H14O4/c1-5-10-7-11(9(4)17)13-15(19)12(6-8(2)3)20-16(13)14(10)18;1-3-4-5-12(17)15-14(18)11-8-10(9(2)16)6-7-13(11)19-15;1-4-6-12(16)11-7-10(5-2)14(17)15-13(11)9(3)8-18-15;1-3-5-6-12(16)10-7-8-14-11(9-10)15(17)13(4-2)18-14;1-7(2)6-11-12(16)10-5-4-9(8(3)15)13(17)14(10)18-11;1-4-8-7(3)12(16)14-11(9(8)6-15)13(17)10(5-2)18-14;1-2-3-7-11(16)14-12(17)10-6-4-5-9(8-15)13(10)18-14/h5-7,18-19H,1H2,2-4H3;6-8,18H,3-5H2,1-2H3;4-8,17H,2H2,1,3H3;4,7-9,17H,2-3,5-6H2,1H3;4-6,16-17H,1-3H3;4-6,16-17H,1-2H2,3H3;4-6,8,17H,2-3,7H2,1H3/b;;6-4+;;;;. The van der Waals surface area contributed by atoms with Gasteiger partial charge in [-0.3, -0.25) is 43.2 Å². The van der Waals surface area contributed by atoms with E-state index in [0.717, 1.165) is 55.2 Å². The summed E-state index contributed by atoms with van der Waals surface area (Å²) in [6.45, 7) is 40.8. The zero-order valence-electron chi connectivity index (χ0n) is 73.8. The van der Waals surface area contributed by atoms with Crippen molar-refractivity contribution in [3.8, 4) is 57.5 Å². The molecule has 0 fully saturated rings. The van der Waals surface area contributed by atoms with Crippen LogP contribution in [0.15, 0.2) is 172 Å². The number of rotatable bonds is 26. The number of phenols is 4. The molecular weight excluding hydrogens is 1650 g/mol. The number of hydrogen-bond acceptors (Lipinski definition) is 26. The molecule has 0 spiro atoms. The van der Waals surface area contributed by atoms with Gasteiger partial charge in [0.15, 0.2) is 144 Å². The highest BCUT2D eigenvalue weighted by atomic mass is 16.4. The molecule has 14 rings (SSSR count). The fourth-order valence-corrected chi connectivity index (χ4v) is 13.6. The second kappa shape index (κ2) is 43.7. The highest BCUT2D eigenvalue weighted by Gasteiger charge is 2.28. The van der Waals surface area contributed by atoms with Gasteiger partial charge >= 0.3 is 0 Å². The molecule has 14 aromatic rings. The number of allylic oxidation sites excluding steroid dienone is 4. The molecule has 26 heteroatoms. The van der Waals surface area contributed by atoms with Gasteiger partial charge in [-0.15, -0.1) is 0 Å². The summed E-state index contributed by atoms with van der Waals surface area (Å²) < 4.78 is 37.6. The van der Waals surface area contributed by atoms with E-state index in [1.54, 1.807) is 98.8 Å². The van der Waals surface area contributed by atoms with E-state index in [1.807, 2.05) is 48.5 Å². The largest absolute Gasteiger partial charge is 0.504 e. The Morgan fingerprint density at radius 1 is 0.380 bits per heavy atom. The van der Waals surface area contributed by atoms with Crippen molar-refractivity contribution in [1.82, 2.24) is 0 Å². The molecule has 7 aromatic heterocycles. The fourth-order valence-electron chi connectivity index (χ4n) is 13.6. The van der Waals surface area contributed by atoms with E-state index in [0.29, 0.717) is 131 Å². The molecule has 7 aromatic carbocycles. The number of phenolic OH excluding ortho intramolecular Hbond substituents is 4. The van der Waals surface area contributed by atoms with Crippen LogP contribution in [0.4, 0.5) is 0 Å². The van der Waals surface area contributed by atoms with E-state index >= 15 is 0 Å². The van der Waals surface area contributed by atoms with Crippen LogP contribution in [0, 0.1) is 13.8 Å². The molecule has 26 nitrogen and oxygen atoms in total. The lowest BCUT2D eigenvalue weighted by Crippen LogP contribution is -1.97. The molecule has 129 heavy (non-hydrogen) atoms. The molecule has 670 valence electrons. The van der Waals surface area contributed by atoms with Gasteiger partial charge in [0.2, 0.25) is 23.1 Å². The van der Waals surface area contributed by atoms with Gasteiger partial charge in [0.05, 0.1) is 49.7 Å². The number of para-hydroxylation sites is 1. The predicted octanol–water partition coefficient (Wildman–Crippen LogP) is 25.9. The maximum atomic E-state index is 12.0. The van der Waals surface area contributed by atoms with Crippen LogP contribution in [0.2, 0.25) is 0 Å². The molecular formula is C103H102O26. The number of aryl methyl sites for hydroxylation is 1. The van der Waals surface area contributed by atoms with Crippen LogP contribution in [-0.4, -0.2) is 104 Å². The minimum absolute atomic E-state index is 0.0100. The third-order valence-corrected chi connectivity index (χ3v) is 20.3. The van der Waals surface area contributed by atoms with Crippen LogP contribution < -0.4 is 0 Å². The van der Waals surface area contributed by atoms with Crippen LogP contribution in [-0.2, 0) is 0 Å². The first-order valence-corrected chi connectivity index (χ1v) is 40.9. The Morgan fingerprint density at radius 3 is 1.40 bits per heavy atom. The molecule has 0 aliphatic heterocycles. The Morgan fingerprint density at radius 2 is 0.860 bits per heavy atom.